The van der Waals surface area contributed by atoms with Gasteiger partial charge >= 0.3 is 0 Å². The molecule has 0 fully saturated rings. The molecular weight excluding hydrogens is 355 g/mol. The predicted octanol–water partition coefficient (Wildman–Crippen LogP) is 3.42. The van der Waals surface area contributed by atoms with E-state index in [0.717, 1.165) is 23.3 Å². The second-order valence-electron chi connectivity index (χ2n) is 5.54. The van der Waals surface area contributed by atoms with Crippen LogP contribution in [0.25, 0.3) is 0 Å². The lowest BCUT2D eigenvalue weighted by molar-refractivity contribution is -0.385. The van der Waals surface area contributed by atoms with Gasteiger partial charge in [0.25, 0.3) is 5.69 Å². The number of benzene rings is 2. The number of rotatable bonds is 7. The summed E-state index contributed by atoms with van der Waals surface area (Å²) in [6.07, 6.45) is 1.26. The molecule has 0 aliphatic heterocycles. The number of hydrogen-bond donors (Lipinski definition) is 2. The fraction of sp³-hybridized carbons (Fsp3) is 0.111. The van der Waals surface area contributed by atoms with Crippen LogP contribution >= 0.6 is 0 Å². The Bertz CT molecular complexity index is 950. The number of ether oxygens (including phenoxy) is 1. The van der Waals surface area contributed by atoms with Gasteiger partial charge in [0.2, 0.25) is 5.88 Å². The Hall–Kier alpha value is -3.59. The summed E-state index contributed by atoms with van der Waals surface area (Å²) >= 11 is 0. The van der Waals surface area contributed by atoms with Gasteiger partial charge < -0.3 is 15.2 Å². The maximum absolute atomic E-state index is 13.9. The highest BCUT2D eigenvalue weighted by Gasteiger charge is 2.13. The molecule has 0 aliphatic rings. The minimum Gasteiger partial charge on any atom is -0.436 e. The zero-order valence-electron chi connectivity index (χ0n) is 14.0. The Labute approximate surface area is 153 Å². The van der Waals surface area contributed by atoms with Gasteiger partial charge in [-0.3, -0.25) is 10.1 Å². The van der Waals surface area contributed by atoms with Crippen LogP contribution < -0.4 is 10.1 Å². The number of nitro benzene ring substituents is 1. The van der Waals surface area contributed by atoms with Crippen LogP contribution in [0, 0.1) is 15.9 Å². The van der Waals surface area contributed by atoms with Crippen LogP contribution in [0.3, 0.4) is 0 Å². The lowest BCUT2D eigenvalue weighted by Crippen LogP contribution is -2.02. The van der Waals surface area contributed by atoms with Crippen molar-refractivity contribution in [3.05, 3.63) is 81.9 Å². The third kappa shape index (κ3) is 4.73. The Morgan fingerprint density at radius 1 is 1.11 bits per heavy atom. The highest BCUT2D eigenvalue weighted by Crippen LogP contribution is 2.27. The lowest BCUT2D eigenvalue weighted by Gasteiger charge is -2.09. The molecule has 0 radical (unpaired) electrons. The fourth-order valence-electron chi connectivity index (χ4n) is 2.25. The average molecular weight is 370 g/mol. The van der Waals surface area contributed by atoms with Gasteiger partial charge in [0.15, 0.2) is 11.6 Å². The smallest absolute Gasteiger partial charge is 0.272 e. The molecule has 0 bridgehead atoms. The molecule has 0 saturated heterocycles. The van der Waals surface area contributed by atoms with Crippen molar-refractivity contribution >= 4 is 11.5 Å². The SMILES string of the molecule is O=[N+]([O-])c1ccc(Oc2cc(NCc3ccc(CO)cc3)ncn2)c(F)c1. The molecule has 0 unspecified atom stereocenters. The molecule has 3 rings (SSSR count). The zero-order valence-corrected chi connectivity index (χ0v) is 14.0. The standard InChI is InChI=1S/C18H15FN4O4/c19-15-7-14(23(25)26)5-6-16(15)27-18-8-17(21-11-22-18)20-9-12-1-3-13(10-24)4-2-12/h1-8,11,24H,9-10H2,(H,20,21,22). The van der Waals surface area contributed by atoms with Gasteiger partial charge in [-0.2, -0.15) is 0 Å². The third-order valence-corrected chi connectivity index (χ3v) is 3.66. The molecule has 2 aromatic carbocycles. The molecule has 0 aliphatic carbocycles. The van der Waals surface area contributed by atoms with Crippen molar-refractivity contribution in [1.29, 1.82) is 0 Å². The van der Waals surface area contributed by atoms with Crippen molar-refractivity contribution in [2.24, 2.45) is 0 Å². The van der Waals surface area contributed by atoms with E-state index in [0.29, 0.717) is 12.4 Å². The monoisotopic (exact) mass is 370 g/mol. The van der Waals surface area contributed by atoms with E-state index in [4.69, 9.17) is 9.84 Å². The van der Waals surface area contributed by atoms with E-state index >= 15 is 0 Å². The largest absolute Gasteiger partial charge is 0.436 e. The molecule has 0 atom stereocenters. The molecule has 0 saturated carbocycles. The molecular formula is C18H15FN4O4. The van der Waals surface area contributed by atoms with Crippen LogP contribution in [0.2, 0.25) is 0 Å². The van der Waals surface area contributed by atoms with Gasteiger partial charge in [0.1, 0.15) is 12.1 Å². The topological polar surface area (TPSA) is 110 Å². The van der Waals surface area contributed by atoms with E-state index in [1.165, 1.54) is 18.5 Å². The lowest BCUT2D eigenvalue weighted by atomic mass is 10.1. The summed E-state index contributed by atoms with van der Waals surface area (Å²) < 4.78 is 19.3. The summed E-state index contributed by atoms with van der Waals surface area (Å²) in [6.45, 7) is 0.466. The van der Waals surface area contributed by atoms with Gasteiger partial charge in [-0.25, -0.2) is 14.4 Å². The van der Waals surface area contributed by atoms with Crippen molar-refractivity contribution in [3.63, 3.8) is 0 Å². The van der Waals surface area contributed by atoms with Gasteiger partial charge in [-0.15, -0.1) is 0 Å². The van der Waals surface area contributed by atoms with Crippen LogP contribution in [-0.2, 0) is 13.2 Å². The second-order valence-corrected chi connectivity index (χ2v) is 5.54. The number of nitro groups is 1. The van der Waals surface area contributed by atoms with E-state index in [1.54, 1.807) is 0 Å². The van der Waals surface area contributed by atoms with Gasteiger partial charge in [-0.1, -0.05) is 24.3 Å². The number of halogens is 1. The Kier molecular flexibility index (Phi) is 5.53. The number of aliphatic hydroxyl groups excluding tert-OH is 1. The Morgan fingerprint density at radius 2 is 1.85 bits per heavy atom. The molecule has 138 valence electrons. The minimum absolute atomic E-state index is 0.0144. The highest BCUT2D eigenvalue weighted by molar-refractivity contribution is 5.42. The zero-order chi connectivity index (χ0) is 19.2. The van der Waals surface area contributed by atoms with Crippen LogP contribution in [0.4, 0.5) is 15.9 Å². The first-order valence-electron chi connectivity index (χ1n) is 7.91. The normalized spacial score (nSPS) is 10.4. The molecule has 1 heterocycles. The number of anilines is 1. The summed E-state index contributed by atoms with van der Waals surface area (Å²) in [4.78, 5) is 17.9. The number of aliphatic hydroxyl groups is 1. The first kappa shape index (κ1) is 18.2. The highest BCUT2D eigenvalue weighted by atomic mass is 19.1. The van der Waals surface area contributed by atoms with Crippen LogP contribution in [0.5, 0.6) is 11.6 Å². The van der Waals surface area contributed by atoms with Crippen LogP contribution in [0.15, 0.2) is 54.9 Å². The minimum atomic E-state index is -0.860. The molecule has 8 nitrogen and oxygen atoms in total. The summed E-state index contributed by atoms with van der Waals surface area (Å²) in [5.74, 6) is -0.476. The molecule has 3 aromatic rings. The molecule has 0 spiro atoms. The molecule has 2 N–H and O–H groups in total. The molecule has 1 aromatic heterocycles. The molecule has 27 heavy (non-hydrogen) atoms. The number of nitrogens with zero attached hydrogens (tertiary/aromatic N) is 3. The van der Waals surface area contributed by atoms with E-state index in [-0.39, 0.29) is 23.9 Å². The Balaban J connectivity index is 1.67. The first-order valence-corrected chi connectivity index (χ1v) is 7.91. The number of hydrogen-bond acceptors (Lipinski definition) is 7. The van der Waals surface area contributed by atoms with Crippen LogP contribution in [0.1, 0.15) is 11.1 Å². The van der Waals surface area contributed by atoms with Crippen molar-refractivity contribution in [2.45, 2.75) is 13.2 Å². The van der Waals surface area contributed by atoms with Gasteiger partial charge in [0, 0.05) is 18.7 Å². The number of nitrogens with one attached hydrogen (secondary N) is 1. The van der Waals surface area contributed by atoms with E-state index in [1.807, 2.05) is 24.3 Å². The van der Waals surface area contributed by atoms with Crippen molar-refractivity contribution in [1.82, 2.24) is 9.97 Å². The third-order valence-electron chi connectivity index (χ3n) is 3.66. The van der Waals surface area contributed by atoms with Crippen molar-refractivity contribution in [3.8, 4) is 11.6 Å². The van der Waals surface area contributed by atoms with E-state index < -0.39 is 10.7 Å². The number of aromatic nitrogens is 2. The average Bonchev–Trinajstić information content (AvgIpc) is 2.68. The van der Waals surface area contributed by atoms with Crippen molar-refractivity contribution < 1.29 is 19.2 Å². The number of non-ortho nitro benzene ring substituents is 1. The van der Waals surface area contributed by atoms with Crippen molar-refractivity contribution in [2.75, 3.05) is 5.32 Å². The second kappa shape index (κ2) is 8.19. The maximum Gasteiger partial charge on any atom is 0.272 e. The quantitative estimate of drug-likeness (QED) is 0.484. The van der Waals surface area contributed by atoms with Crippen LogP contribution in [-0.4, -0.2) is 20.0 Å². The van der Waals surface area contributed by atoms with E-state index in [2.05, 4.69) is 15.3 Å². The van der Waals surface area contributed by atoms with Gasteiger partial charge in [-0.05, 0) is 17.2 Å². The molecule has 9 heteroatoms. The predicted molar refractivity (Wildman–Crippen MR) is 94.9 cm³/mol. The van der Waals surface area contributed by atoms with Gasteiger partial charge in [0.05, 0.1) is 17.6 Å². The Morgan fingerprint density at radius 3 is 2.52 bits per heavy atom. The maximum atomic E-state index is 13.9. The van der Waals surface area contributed by atoms with E-state index in [9.17, 15) is 14.5 Å². The summed E-state index contributed by atoms with van der Waals surface area (Å²) in [5.41, 5.74) is 1.44. The summed E-state index contributed by atoms with van der Waals surface area (Å²) in [6, 6.07) is 12.0. The first-order chi connectivity index (χ1) is 13.0. The molecule has 0 amide bonds. The fourth-order valence-corrected chi connectivity index (χ4v) is 2.25. The summed E-state index contributed by atoms with van der Waals surface area (Å²) in [5, 5.41) is 22.8. The summed E-state index contributed by atoms with van der Waals surface area (Å²) in [7, 11) is 0.